The molecular formula is C13H18N2O3S2. The first-order valence-corrected chi connectivity index (χ1v) is 8.65. The molecule has 0 bridgehead atoms. The summed E-state index contributed by atoms with van der Waals surface area (Å²) in [4.78, 5) is 0.199. The van der Waals surface area contributed by atoms with Gasteiger partial charge in [-0.3, -0.25) is 0 Å². The first-order chi connectivity index (χ1) is 9.44. The number of hydrogen-bond acceptors (Lipinski definition) is 5. The van der Waals surface area contributed by atoms with Gasteiger partial charge in [0.05, 0.1) is 6.54 Å². The molecule has 7 heteroatoms. The van der Waals surface area contributed by atoms with Crippen LogP contribution in [0.1, 0.15) is 30.0 Å². The number of thiophene rings is 1. The summed E-state index contributed by atoms with van der Waals surface area (Å²) in [6.45, 7) is 3.98. The van der Waals surface area contributed by atoms with Crippen molar-refractivity contribution in [2.24, 2.45) is 0 Å². The summed E-state index contributed by atoms with van der Waals surface area (Å²) in [7, 11) is -1.80. The van der Waals surface area contributed by atoms with E-state index in [1.807, 2.05) is 23.8 Å². The van der Waals surface area contributed by atoms with Gasteiger partial charge in [-0.25, -0.2) is 13.1 Å². The summed E-state index contributed by atoms with van der Waals surface area (Å²) in [5, 5.41) is 6.79. The van der Waals surface area contributed by atoms with Crippen LogP contribution in [0.15, 0.2) is 32.2 Å². The predicted molar refractivity (Wildman–Crippen MR) is 79.3 cm³/mol. The second-order valence-electron chi connectivity index (χ2n) is 4.56. The third-order valence-electron chi connectivity index (χ3n) is 2.94. The first kappa shape index (κ1) is 15.2. The maximum atomic E-state index is 12.4. The van der Waals surface area contributed by atoms with E-state index in [1.54, 1.807) is 31.4 Å². The van der Waals surface area contributed by atoms with E-state index in [0.717, 1.165) is 5.56 Å². The Morgan fingerprint density at radius 2 is 2.20 bits per heavy atom. The third kappa shape index (κ3) is 3.29. The lowest BCUT2D eigenvalue weighted by atomic mass is 10.2. The molecule has 0 radical (unpaired) electrons. The van der Waals surface area contributed by atoms with E-state index in [0.29, 0.717) is 18.1 Å². The highest BCUT2D eigenvalue weighted by Crippen LogP contribution is 2.23. The van der Waals surface area contributed by atoms with Gasteiger partial charge in [0, 0.05) is 12.1 Å². The van der Waals surface area contributed by atoms with Gasteiger partial charge in [0.15, 0.2) is 0 Å². The lowest BCUT2D eigenvalue weighted by molar-refractivity contribution is 0.465. The molecule has 2 aromatic heterocycles. The van der Waals surface area contributed by atoms with Crippen molar-refractivity contribution in [3.8, 4) is 0 Å². The van der Waals surface area contributed by atoms with Crippen molar-refractivity contribution in [1.82, 2.24) is 10.0 Å². The van der Waals surface area contributed by atoms with Gasteiger partial charge in [-0.2, -0.15) is 11.3 Å². The van der Waals surface area contributed by atoms with Crippen molar-refractivity contribution in [3.63, 3.8) is 0 Å². The second-order valence-corrected chi connectivity index (χ2v) is 7.03. The van der Waals surface area contributed by atoms with Gasteiger partial charge in [-0.15, -0.1) is 0 Å². The van der Waals surface area contributed by atoms with Crippen LogP contribution in [-0.2, 0) is 16.6 Å². The zero-order valence-corrected chi connectivity index (χ0v) is 13.3. The van der Waals surface area contributed by atoms with Gasteiger partial charge < -0.3 is 9.73 Å². The van der Waals surface area contributed by atoms with Crippen LogP contribution in [0.4, 0.5) is 0 Å². The maximum absolute atomic E-state index is 12.4. The van der Waals surface area contributed by atoms with E-state index in [1.165, 1.54) is 0 Å². The molecule has 2 rings (SSSR count). The molecule has 0 aromatic carbocycles. The topological polar surface area (TPSA) is 71.3 Å². The zero-order chi connectivity index (χ0) is 14.8. The molecule has 0 aliphatic rings. The van der Waals surface area contributed by atoms with Gasteiger partial charge in [0.2, 0.25) is 10.0 Å². The van der Waals surface area contributed by atoms with Crippen LogP contribution in [0.3, 0.4) is 0 Å². The van der Waals surface area contributed by atoms with E-state index >= 15 is 0 Å². The quantitative estimate of drug-likeness (QED) is 0.859. The van der Waals surface area contributed by atoms with Crippen molar-refractivity contribution in [3.05, 3.63) is 40.0 Å². The number of aryl methyl sites for hydroxylation is 1. The second kappa shape index (κ2) is 6.09. The van der Waals surface area contributed by atoms with Gasteiger partial charge in [0.25, 0.3) is 0 Å². The lowest BCUT2D eigenvalue weighted by Gasteiger charge is -2.12. The summed E-state index contributed by atoms with van der Waals surface area (Å²) in [6, 6.07) is 3.20. The Labute approximate surface area is 123 Å². The monoisotopic (exact) mass is 314 g/mol. The summed E-state index contributed by atoms with van der Waals surface area (Å²) in [6.07, 6.45) is 0. The minimum Gasteiger partial charge on any atom is -0.464 e. The van der Waals surface area contributed by atoms with Crippen molar-refractivity contribution >= 4 is 21.4 Å². The highest BCUT2D eigenvalue weighted by molar-refractivity contribution is 7.89. The van der Waals surface area contributed by atoms with Crippen molar-refractivity contribution < 1.29 is 12.8 Å². The van der Waals surface area contributed by atoms with Crippen LogP contribution in [0.5, 0.6) is 0 Å². The van der Waals surface area contributed by atoms with Gasteiger partial charge in [-0.05, 0) is 43.3 Å². The van der Waals surface area contributed by atoms with Crippen molar-refractivity contribution in [2.45, 2.75) is 31.3 Å². The smallest absolute Gasteiger partial charge is 0.244 e. The number of sulfonamides is 1. The molecule has 1 unspecified atom stereocenters. The SMILES string of the molecule is CNCc1cc(S(=O)(=O)NC(C)c2ccsc2)c(C)o1. The summed E-state index contributed by atoms with van der Waals surface area (Å²) in [5.74, 6) is 1.01. The minimum absolute atomic E-state index is 0.199. The zero-order valence-electron chi connectivity index (χ0n) is 11.6. The largest absolute Gasteiger partial charge is 0.464 e. The molecule has 0 saturated carbocycles. The molecule has 20 heavy (non-hydrogen) atoms. The molecule has 0 aliphatic heterocycles. The van der Waals surface area contributed by atoms with E-state index in [2.05, 4.69) is 10.0 Å². The highest BCUT2D eigenvalue weighted by atomic mass is 32.2. The Morgan fingerprint density at radius 3 is 2.80 bits per heavy atom. The molecule has 0 spiro atoms. The Hall–Kier alpha value is -1.15. The maximum Gasteiger partial charge on any atom is 0.244 e. The van der Waals surface area contributed by atoms with E-state index in [-0.39, 0.29) is 10.9 Å². The Balaban J connectivity index is 2.22. The minimum atomic E-state index is -3.58. The Morgan fingerprint density at radius 1 is 1.45 bits per heavy atom. The number of nitrogens with one attached hydrogen (secondary N) is 2. The number of hydrogen-bond donors (Lipinski definition) is 2. The predicted octanol–water partition coefficient (Wildman–Crippen LogP) is 2.41. The molecule has 0 fully saturated rings. The van der Waals surface area contributed by atoms with Gasteiger partial charge in [0.1, 0.15) is 16.4 Å². The van der Waals surface area contributed by atoms with Gasteiger partial charge >= 0.3 is 0 Å². The Bertz CT molecular complexity index is 660. The molecule has 2 N–H and O–H groups in total. The van der Waals surface area contributed by atoms with Crippen molar-refractivity contribution in [2.75, 3.05) is 7.05 Å². The molecule has 2 heterocycles. The standard InChI is InChI=1S/C13H18N2O3S2/c1-9(11-4-5-19-8-11)15-20(16,17)13-6-12(7-14-3)18-10(13)2/h4-6,8-9,14-15H,7H2,1-3H3. The van der Waals surface area contributed by atoms with Crippen LogP contribution in [-0.4, -0.2) is 15.5 Å². The molecule has 1 atom stereocenters. The first-order valence-electron chi connectivity index (χ1n) is 6.22. The molecule has 2 aromatic rings. The summed E-state index contributed by atoms with van der Waals surface area (Å²) >= 11 is 1.54. The fraction of sp³-hybridized carbons (Fsp3) is 0.385. The normalized spacial score (nSPS) is 13.6. The summed E-state index contributed by atoms with van der Waals surface area (Å²) in [5.41, 5.74) is 0.954. The van der Waals surface area contributed by atoms with Crippen LogP contribution < -0.4 is 10.0 Å². The summed E-state index contributed by atoms with van der Waals surface area (Å²) < 4.78 is 32.9. The van der Waals surface area contributed by atoms with Crippen LogP contribution in [0.25, 0.3) is 0 Å². The fourth-order valence-electron chi connectivity index (χ4n) is 1.94. The number of rotatable bonds is 6. The lowest BCUT2D eigenvalue weighted by Crippen LogP contribution is -2.26. The molecule has 110 valence electrons. The Kier molecular flexibility index (Phi) is 4.64. The molecule has 0 amide bonds. The van der Waals surface area contributed by atoms with Crippen LogP contribution in [0, 0.1) is 6.92 Å². The van der Waals surface area contributed by atoms with Gasteiger partial charge in [-0.1, -0.05) is 0 Å². The number of furan rings is 1. The highest BCUT2D eigenvalue weighted by Gasteiger charge is 2.23. The van der Waals surface area contributed by atoms with Crippen LogP contribution >= 0.6 is 11.3 Å². The molecular weight excluding hydrogens is 296 g/mol. The molecule has 0 saturated heterocycles. The molecule has 0 aliphatic carbocycles. The molecule has 5 nitrogen and oxygen atoms in total. The fourth-order valence-corrected chi connectivity index (χ4v) is 4.13. The third-order valence-corrected chi connectivity index (χ3v) is 5.29. The van der Waals surface area contributed by atoms with E-state index < -0.39 is 10.0 Å². The van der Waals surface area contributed by atoms with Crippen molar-refractivity contribution in [1.29, 1.82) is 0 Å². The average Bonchev–Trinajstić information content (AvgIpc) is 2.98. The van der Waals surface area contributed by atoms with E-state index in [9.17, 15) is 8.42 Å². The van der Waals surface area contributed by atoms with E-state index in [4.69, 9.17) is 4.42 Å². The average molecular weight is 314 g/mol. The van der Waals surface area contributed by atoms with Crippen LogP contribution in [0.2, 0.25) is 0 Å².